The van der Waals surface area contributed by atoms with Crippen LogP contribution in [0.3, 0.4) is 0 Å². The molecule has 0 aromatic heterocycles. The Labute approximate surface area is 185 Å². The van der Waals surface area contributed by atoms with Crippen LogP contribution in [-0.2, 0) is 4.79 Å². The summed E-state index contributed by atoms with van der Waals surface area (Å²) in [5, 5.41) is 2.96. The van der Waals surface area contributed by atoms with Gasteiger partial charge >= 0.3 is 0 Å². The fourth-order valence-corrected chi connectivity index (χ4v) is 3.80. The summed E-state index contributed by atoms with van der Waals surface area (Å²) in [5.41, 5.74) is 2.07. The number of piperazine rings is 1. The lowest BCUT2D eigenvalue weighted by atomic mass is 10.2. The molecule has 0 saturated carbocycles. The maximum absolute atomic E-state index is 12.0. The molecule has 1 N–H and O–H groups in total. The molecule has 1 aliphatic rings. The molecule has 0 atom stereocenters. The van der Waals surface area contributed by atoms with Crippen LogP contribution in [0.15, 0.2) is 54.6 Å². The molecule has 31 heavy (non-hydrogen) atoms. The van der Waals surface area contributed by atoms with Gasteiger partial charge in [0, 0.05) is 44.4 Å². The Bertz CT molecular complexity index is 861. The van der Waals surface area contributed by atoms with Gasteiger partial charge in [-0.3, -0.25) is 9.69 Å². The molecule has 1 fully saturated rings. The van der Waals surface area contributed by atoms with E-state index in [1.54, 1.807) is 26.4 Å². The Balaban J connectivity index is 1.31. The number of ether oxygens (including phenoxy) is 2. The van der Waals surface area contributed by atoms with Gasteiger partial charge in [-0.15, -0.1) is 0 Å². The first-order valence-electron chi connectivity index (χ1n) is 10.9. The van der Waals surface area contributed by atoms with E-state index in [0.29, 0.717) is 6.54 Å². The van der Waals surface area contributed by atoms with Crippen molar-refractivity contribution in [1.82, 2.24) is 10.2 Å². The second-order valence-corrected chi connectivity index (χ2v) is 7.57. The number of carbonyl (C=O) groups is 1. The third-order valence-corrected chi connectivity index (χ3v) is 5.55. The summed E-state index contributed by atoms with van der Waals surface area (Å²) in [7, 11) is 3.35. The zero-order valence-electron chi connectivity index (χ0n) is 18.5. The zero-order chi connectivity index (χ0) is 21.9. The van der Waals surface area contributed by atoms with Crippen molar-refractivity contribution in [2.45, 2.75) is 12.8 Å². The van der Waals surface area contributed by atoms with Gasteiger partial charge in [-0.05, 0) is 43.7 Å². The summed E-state index contributed by atoms with van der Waals surface area (Å²) >= 11 is 0. The maximum atomic E-state index is 12.0. The lowest BCUT2D eigenvalue weighted by Gasteiger charge is -2.36. The van der Waals surface area contributed by atoms with Gasteiger partial charge in [0.25, 0.3) is 0 Å². The minimum atomic E-state index is -0.0728. The van der Waals surface area contributed by atoms with Crippen LogP contribution in [0.2, 0.25) is 0 Å². The number of nitrogens with zero attached hydrogens (tertiary/aromatic N) is 2. The summed E-state index contributed by atoms with van der Waals surface area (Å²) in [5.74, 6) is 1.63. The van der Waals surface area contributed by atoms with Crippen LogP contribution in [0.25, 0.3) is 6.08 Å². The van der Waals surface area contributed by atoms with Crippen molar-refractivity contribution < 1.29 is 14.3 Å². The van der Waals surface area contributed by atoms with E-state index in [1.165, 1.54) is 5.69 Å². The molecule has 0 aliphatic carbocycles. The Morgan fingerprint density at radius 2 is 1.61 bits per heavy atom. The van der Waals surface area contributed by atoms with Gasteiger partial charge in [0.15, 0.2) is 0 Å². The lowest BCUT2D eigenvalue weighted by Crippen LogP contribution is -2.46. The minimum Gasteiger partial charge on any atom is -0.496 e. The SMILES string of the molecule is COc1ccccc1C=CC(=O)NCCCCN1CCN(c2ccccc2OC)CC1. The third-order valence-electron chi connectivity index (χ3n) is 5.55. The molecule has 2 aromatic rings. The molecule has 6 nitrogen and oxygen atoms in total. The molecule has 0 spiro atoms. The average molecular weight is 424 g/mol. The smallest absolute Gasteiger partial charge is 0.244 e. The van der Waals surface area contributed by atoms with Crippen molar-refractivity contribution in [3.63, 3.8) is 0 Å². The van der Waals surface area contributed by atoms with Gasteiger partial charge in [-0.1, -0.05) is 30.3 Å². The standard InChI is InChI=1S/C25H33N3O3/c1-30-23-11-5-3-9-21(23)13-14-25(29)26-15-7-8-16-27-17-19-28(20-18-27)22-10-4-6-12-24(22)31-2/h3-6,9-14H,7-8,15-20H2,1-2H3,(H,26,29). The number of nitrogens with one attached hydrogen (secondary N) is 1. The highest BCUT2D eigenvalue weighted by Gasteiger charge is 2.18. The number of carbonyl (C=O) groups excluding carboxylic acids is 1. The molecule has 1 amide bonds. The summed E-state index contributed by atoms with van der Waals surface area (Å²) in [6.07, 6.45) is 5.40. The van der Waals surface area contributed by atoms with E-state index in [2.05, 4.69) is 27.2 Å². The van der Waals surface area contributed by atoms with E-state index in [-0.39, 0.29) is 5.91 Å². The molecule has 1 heterocycles. The van der Waals surface area contributed by atoms with Crippen LogP contribution in [-0.4, -0.2) is 64.3 Å². The van der Waals surface area contributed by atoms with E-state index in [0.717, 1.165) is 62.6 Å². The first-order chi connectivity index (χ1) is 15.2. The fourth-order valence-electron chi connectivity index (χ4n) is 3.80. The monoisotopic (exact) mass is 423 g/mol. The topological polar surface area (TPSA) is 54.0 Å². The minimum absolute atomic E-state index is 0.0728. The van der Waals surface area contributed by atoms with Crippen LogP contribution in [0, 0.1) is 0 Å². The van der Waals surface area contributed by atoms with E-state index in [1.807, 2.05) is 36.4 Å². The number of para-hydroxylation sites is 3. The largest absolute Gasteiger partial charge is 0.496 e. The Kier molecular flexibility index (Phi) is 8.79. The van der Waals surface area contributed by atoms with E-state index in [4.69, 9.17) is 9.47 Å². The van der Waals surface area contributed by atoms with Crippen molar-refractivity contribution in [2.75, 3.05) is 58.4 Å². The predicted octanol–water partition coefficient (Wildman–Crippen LogP) is 3.44. The molecule has 166 valence electrons. The Hall–Kier alpha value is -2.99. The molecule has 6 heteroatoms. The van der Waals surface area contributed by atoms with E-state index in [9.17, 15) is 4.79 Å². The number of rotatable bonds is 10. The molecule has 1 saturated heterocycles. The van der Waals surface area contributed by atoms with Crippen molar-refractivity contribution in [3.8, 4) is 11.5 Å². The molecule has 3 rings (SSSR count). The number of amides is 1. The van der Waals surface area contributed by atoms with Gasteiger partial charge in [0.2, 0.25) is 5.91 Å². The van der Waals surface area contributed by atoms with Crippen molar-refractivity contribution in [2.24, 2.45) is 0 Å². The summed E-state index contributed by atoms with van der Waals surface area (Å²) in [6, 6.07) is 15.9. The summed E-state index contributed by atoms with van der Waals surface area (Å²) in [4.78, 5) is 16.9. The second-order valence-electron chi connectivity index (χ2n) is 7.57. The highest BCUT2D eigenvalue weighted by atomic mass is 16.5. The number of hydrogen-bond donors (Lipinski definition) is 1. The number of benzene rings is 2. The Morgan fingerprint density at radius 3 is 2.35 bits per heavy atom. The quantitative estimate of drug-likeness (QED) is 0.469. The first-order valence-corrected chi connectivity index (χ1v) is 10.9. The van der Waals surface area contributed by atoms with Gasteiger partial charge < -0.3 is 19.7 Å². The van der Waals surface area contributed by atoms with Crippen molar-refractivity contribution in [3.05, 3.63) is 60.2 Å². The van der Waals surface area contributed by atoms with Gasteiger partial charge in [-0.25, -0.2) is 0 Å². The highest BCUT2D eigenvalue weighted by Crippen LogP contribution is 2.28. The molecule has 0 unspecified atom stereocenters. The van der Waals surface area contributed by atoms with Crippen LogP contribution in [0.1, 0.15) is 18.4 Å². The summed E-state index contributed by atoms with van der Waals surface area (Å²) in [6.45, 7) is 5.86. The Morgan fingerprint density at radius 1 is 0.935 bits per heavy atom. The summed E-state index contributed by atoms with van der Waals surface area (Å²) < 4.78 is 10.8. The number of methoxy groups -OCH3 is 2. The predicted molar refractivity (Wildman–Crippen MR) is 126 cm³/mol. The van der Waals surface area contributed by atoms with Crippen molar-refractivity contribution in [1.29, 1.82) is 0 Å². The lowest BCUT2D eigenvalue weighted by molar-refractivity contribution is -0.116. The van der Waals surface area contributed by atoms with Crippen LogP contribution in [0.4, 0.5) is 5.69 Å². The second kappa shape index (κ2) is 12.0. The molecule has 0 bridgehead atoms. The van der Waals surface area contributed by atoms with Crippen molar-refractivity contribution >= 4 is 17.7 Å². The van der Waals surface area contributed by atoms with Gasteiger partial charge in [-0.2, -0.15) is 0 Å². The third kappa shape index (κ3) is 6.76. The van der Waals surface area contributed by atoms with Crippen LogP contribution >= 0.6 is 0 Å². The normalized spacial score (nSPS) is 14.6. The number of hydrogen-bond acceptors (Lipinski definition) is 5. The molecule has 2 aromatic carbocycles. The van der Waals surface area contributed by atoms with E-state index >= 15 is 0 Å². The molecule has 0 radical (unpaired) electrons. The van der Waals surface area contributed by atoms with E-state index < -0.39 is 0 Å². The van der Waals surface area contributed by atoms with Gasteiger partial charge in [0.05, 0.1) is 19.9 Å². The fraction of sp³-hybridized carbons (Fsp3) is 0.400. The molecular weight excluding hydrogens is 390 g/mol. The maximum Gasteiger partial charge on any atom is 0.244 e. The zero-order valence-corrected chi connectivity index (χ0v) is 18.5. The first kappa shape index (κ1) is 22.7. The number of unbranched alkanes of at least 4 members (excludes halogenated alkanes) is 1. The van der Waals surface area contributed by atoms with Gasteiger partial charge in [0.1, 0.15) is 11.5 Å². The number of anilines is 1. The van der Waals surface area contributed by atoms with Crippen LogP contribution in [0.5, 0.6) is 11.5 Å². The molecular formula is C25H33N3O3. The highest BCUT2D eigenvalue weighted by molar-refractivity contribution is 5.92. The molecule has 1 aliphatic heterocycles. The average Bonchev–Trinajstić information content (AvgIpc) is 2.83. The van der Waals surface area contributed by atoms with Crippen LogP contribution < -0.4 is 19.7 Å².